The highest BCUT2D eigenvalue weighted by Gasteiger charge is 2.21. The van der Waals surface area contributed by atoms with Crippen LogP contribution in [0.1, 0.15) is 29.5 Å². The summed E-state index contributed by atoms with van der Waals surface area (Å²) in [7, 11) is 1.85. The Labute approximate surface area is 168 Å². The summed E-state index contributed by atoms with van der Waals surface area (Å²) in [6, 6.07) is 12.6. The van der Waals surface area contributed by atoms with Gasteiger partial charge >= 0.3 is 6.03 Å². The van der Waals surface area contributed by atoms with Gasteiger partial charge in [-0.15, -0.1) is 0 Å². The van der Waals surface area contributed by atoms with Crippen LogP contribution in [-0.2, 0) is 13.0 Å². The summed E-state index contributed by atoms with van der Waals surface area (Å²) in [5.74, 6) is 0.532. The van der Waals surface area contributed by atoms with Crippen molar-refractivity contribution < 1.29 is 4.79 Å². The second-order valence-corrected chi connectivity index (χ2v) is 7.89. The van der Waals surface area contributed by atoms with Crippen molar-refractivity contribution in [3.8, 4) is 0 Å². The van der Waals surface area contributed by atoms with Crippen LogP contribution >= 0.6 is 0 Å². The minimum Gasteiger partial charge on any atom is -0.338 e. The molecule has 1 aromatic heterocycles. The lowest BCUT2D eigenvalue weighted by Gasteiger charge is -2.33. The van der Waals surface area contributed by atoms with Crippen LogP contribution in [-0.4, -0.2) is 54.0 Å². The number of carbonyl (C=O) groups is 1. The third kappa shape index (κ3) is 6.06. The highest BCUT2D eigenvalue weighted by atomic mass is 16.2. The molecule has 0 saturated carbocycles. The van der Waals surface area contributed by atoms with E-state index in [1.165, 1.54) is 24.9 Å². The Morgan fingerprint density at radius 3 is 2.89 bits per heavy atom. The summed E-state index contributed by atoms with van der Waals surface area (Å²) in [4.78, 5) is 20.9. The number of hydrogen-bond acceptors (Lipinski definition) is 3. The van der Waals surface area contributed by atoms with Crippen molar-refractivity contribution in [2.45, 2.75) is 32.7 Å². The fourth-order valence-corrected chi connectivity index (χ4v) is 3.83. The van der Waals surface area contributed by atoms with Gasteiger partial charge in [0, 0.05) is 45.6 Å². The Morgan fingerprint density at radius 1 is 1.29 bits per heavy atom. The van der Waals surface area contributed by atoms with Crippen LogP contribution in [0.2, 0.25) is 0 Å². The number of nitrogens with one attached hydrogen (secondary N) is 1. The smallest absolute Gasteiger partial charge is 0.317 e. The summed E-state index contributed by atoms with van der Waals surface area (Å²) in [6.07, 6.45) is 7.11. The fourth-order valence-electron chi connectivity index (χ4n) is 3.83. The number of benzene rings is 1. The van der Waals surface area contributed by atoms with E-state index in [2.05, 4.69) is 45.5 Å². The first kappa shape index (κ1) is 20.3. The van der Waals surface area contributed by atoms with E-state index in [1.807, 2.05) is 26.2 Å². The first-order valence-corrected chi connectivity index (χ1v) is 10.3. The molecule has 1 saturated heterocycles. The van der Waals surface area contributed by atoms with Crippen LogP contribution in [0.25, 0.3) is 0 Å². The zero-order valence-electron chi connectivity index (χ0n) is 17.1. The van der Waals surface area contributed by atoms with Crippen LogP contribution in [0.5, 0.6) is 0 Å². The van der Waals surface area contributed by atoms with Gasteiger partial charge in [0.25, 0.3) is 0 Å². The summed E-state index contributed by atoms with van der Waals surface area (Å²) >= 11 is 0. The quantitative estimate of drug-likeness (QED) is 0.800. The Kier molecular flexibility index (Phi) is 7.43. The van der Waals surface area contributed by atoms with Crippen LogP contribution < -0.4 is 5.32 Å². The minimum absolute atomic E-state index is 0.00220. The topological polar surface area (TPSA) is 48.5 Å². The number of hydrogen-bond donors (Lipinski definition) is 1. The molecular formula is C23H32N4O. The molecule has 1 aliphatic rings. The van der Waals surface area contributed by atoms with Gasteiger partial charge in [-0.2, -0.15) is 0 Å². The van der Waals surface area contributed by atoms with Crippen molar-refractivity contribution in [2.75, 3.05) is 33.2 Å². The highest BCUT2D eigenvalue weighted by Crippen LogP contribution is 2.16. The Hall–Kier alpha value is -2.40. The summed E-state index contributed by atoms with van der Waals surface area (Å²) in [6.45, 7) is 6.71. The normalized spacial score (nSPS) is 17.3. The van der Waals surface area contributed by atoms with Crippen LogP contribution in [0.15, 0.2) is 48.8 Å². The van der Waals surface area contributed by atoms with Gasteiger partial charge in [0.15, 0.2) is 0 Å². The van der Waals surface area contributed by atoms with Crippen molar-refractivity contribution in [3.63, 3.8) is 0 Å². The summed E-state index contributed by atoms with van der Waals surface area (Å²) in [5, 5.41) is 3.13. The second-order valence-electron chi connectivity index (χ2n) is 7.89. The van der Waals surface area contributed by atoms with E-state index in [1.54, 1.807) is 11.1 Å². The number of pyridine rings is 1. The molecule has 0 aliphatic carbocycles. The van der Waals surface area contributed by atoms with Crippen molar-refractivity contribution in [1.82, 2.24) is 20.1 Å². The Balaban J connectivity index is 1.41. The van der Waals surface area contributed by atoms with Gasteiger partial charge in [-0.3, -0.25) is 4.98 Å². The number of amides is 2. The first-order chi connectivity index (χ1) is 13.6. The molecular weight excluding hydrogens is 348 g/mol. The SMILES string of the molecule is Cc1cnccc1CN(C)C(=O)NC[C@H]1CCCN(CCc2ccccc2)C1. The molecule has 1 fully saturated rings. The highest BCUT2D eigenvalue weighted by molar-refractivity contribution is 5.73. The number of urea groups is 1. The second kappa shape index (κ2) is 10.2. The van der Waals surface area contributed by atoms with E-state index < -0.39 is 0 Å². The molecule has 28 heavy (non-hydrogen) atoms. The summed E-state index contributed by atoms with van der Waals surface area (Å²) < 4.78 is 0. The molecule has 0 unspecified atom stereocenters. The van der Waals surface area contributed by atoms with Gasteiger partial charge in [-0.05, 0) is 61.4 Å². The molecule has 2 aromatic rings. The van der Waals surface area contributed by atoms with Crippen molar-refractivity contribution >= 4 is 6.03 Å². The lowest BCUT2D eigenvalue weighted by molar-refractivity contribution is 0.168. The number of likely N-dealkylation sites (tertiary alicyclic amines) is 1. The van der Waals surface area contributed by atoms with Crippen molar-refractivity contribution in [1.29, 1.82) is 0 Å². The molecule has 150 valence electrons. The standard InChI is InChI=1S/C23H32N4O/c1-19-15-24-12-10-22(19)18-26(2)23(28)25-16-21-9-6-13-27(17-21)14-11-20-7-4-3-5-8-20/h3-5,7-8,10,12,15,21H,6,9,11,13-14,16-18H2,1-2H3,(H,25,28)/t21-/m1/s1. The minimum atomic E-state index is -0.00220. The van der Waals surface area contributed by atoms with Crippen LogP contribution in [0.3, 0.4) is 0 Å². The van der Waals surface area contributed by atoms with E-state index in [4.69, 9.17) is 0 Å². The summed E-state index contributed by atoms with van der Waals surface area (Å²) in [5.41, 5.74) is 3.65. The average Bonchev–Trinajstić information content (AvgIpc) is 2.73. The maximum absolute atomic E-state index is 12.5. The third-order valence-electron chi connectivity index (χ3n) is 5.60. The molecule has 1 aromatic carbocycles. The largest absolute Gasteiger partial charge is 0.338 e. The molecule has 1 N–H and O–H groups in total. The van der Waals surface area contributed by atoms with E-state index in [-0.39, 0.29) is 6.03 Å². The molecule has 0 bridgehead atoms. The van der Waals surface area contributed by atoms with Gasteiger partial charge in [-0.1, -0.05) is 30.3 Å². The third-order valence-corrected chi connectivity index (χ3v) is 5.60. The maximum atomic E-state index is 12.5. The van der Waals surface area contributed by atoms with E-state index in [9.17, 15) is 4.79 Å². The van der Waals surface area contributed by atoms with Gasteiger partial charge in [0.05, 0.1) is 0 Å². The van der Waals surface area contributed by atoms with Gasteiger partial charge in [0.2, 0.25) is 0 Å². The monoisotopic (exact) mass is 380 g/mol. The molecule has 2 heterocycles. The number of aromatic nitrogens is 1. The van der Waals surface area contributed by atoms with Crippen LogP contribution in [0.4, 0.5) is 4.79 Å². The fraction of sp³-hybridized carbons (Fsp3) is 0.478. The molecule has 1 atom stereocenters. The zero-order chi connectivity index (χ0) is 19.8. The number of aryl methyl sites for hydroxylation is 1. The maximum Gasteiger partial charge on any atom is 0.317 e. The lowest BCUT2D eigenvalue weighted by Crippen LogP contribution is -2.44. The molecule has 1 aliphatic heterocycles. The van der Waals surface area contributed by atoms with Gasteiger partial charge in [0.1, 0.15) is 0 Å². The predicted octanol–water partition coefficient (Wildman–Crippen LogP) is 3.49. The number of rotatable bonds is 7. The molecule has 5 nitrogen and oxygen atoms in total. The van der Waals surface area contributed by atoms with Crippen molar-refractivity contribution in [2.24, 2.45) is 5.92 Å². The molecule has 3 rings (SSSR count). The zero-order valence-corrected chi connectivity index (χ0v) is 17.1. The molecule has 0 radical (unpaired) electrons. The number of piperidine rings is 1. The predicted molar refractivity (Wildman–Crippen MR) is 113 cm³/mol. The van der Waals surface area contributed by atoms with E-state index in [0.29, 0.717) is 12.5 Å². The van der Waals surface area contributed by atoms with E-state index in [0.717, 1.165) is 37.2 Å². The van der Waals surface area contributed by atoms with Crippen LogP contribution in [0, 0.1) is 12.8 Å². The van der Waals surface area contributed by atoms with Gasteiger partial charge in [-0.25, -0.2) is 4.79 Å². The molecule has 0 spiro atoms. The Bertz CT molecular complexity index is 749. The Morgan fingerprint density at radius 2 is 2.11 bits per heavy atom. The number of carbonyl (C=O) groups excluding carboxylic acids is 1. The van der Waals surface area contributed by atoms with Crippen molar-refractivity contribution in [3.05, 3.63) is 65.5 Å². The van der Waals surface area contributed by atoms with Gasteiger partial charge < -0.3 is 15.1 Å². The molecule has 5 heteroatoms. The van der Waals surface area contributed by atoms with E-state index >= 15 is 0 Å². The molecule has 2 amide bonds. The number of nitrogens with zero attached hydrogens (tertiary/aromatic N) is 3. The first-order valence-electron chi connectivity index (χ1n) is 10.3. The average molecular weight is 381 g/mol. The lowest BCUT2D eigenvalue weighted by atomic mass is 9.97.